The van der Waals surface area contributed by atoms with Crippen LogP contribution >= 0.6 is 31.9 Å². The molecule has 0 fully saturated rings. The van der Waals surface area contributed by atoms with Crippen LogP contribution in [0.25, 0.3) is 10.6 Å². The maximum atomic E-state index is 3.74. The molecule has 0 aromatic heterocycles. The molecule has 0 saturated carbocycles. The van der Waals surface area contributed by atoms with E-state index >= 15 is 0 Å². The summed E-state index contributed by atoms with van der Waals surface area (Å²) in [6.45, 7) is 3.74. The molecule has 2 aromatic carbocycles. The maximum absolute atomic E-state index is 3.74. The summed E-state index contributed by atoms with van der Waals surface area (Å²) in [5, 5.41) is 0. The molecule has 0 unspecified atom stereocenters. The summed E-state index contributed by atoms with van der Waals surface area (Å²) in [7, 11) is 0. The first-order valence-electron chi connectivity index (χ1n) is 6.89. The molecule has 0 amide bonds. The standard InChI is InChI=1S/C20H16Br2/c1-2-3-11-17(15-14-16-9-5-4-6-10-16)20(22)18-12-7-8-13-19(18)21/h2-15H,1H2. The van der Waals surface area contributed by atoms with Crippen molar-refractivity contribution in [3.05, 3.63) is 107 Å². The van der Waals surface area contributed by atoms with Gasteiger partial charge in [-0.25, -0.2) is 0 Å². The highest BCUT2D eigenvalue weighted by molar-refractivity contribution is 9.15. The van der Waals surface area contributed by atoms with E-state index in [2.05, 4.69) is 68.8 Å². The molecule has 0 saturated heterocycles. The average molecular weight is 416 g/mol. The smallest absolute Gasteiger partial charge is 0.0331 e. The van der Waals surface area contributed by atoms with Gasteiger partial charge in [0.2, 0.25) is 0 Å². The van der Waals surface area contributed by atoms with Gasteiger partial charge in [0.25, 0.3) is 0 Å². The maximum Gasteiger partial charge on any atom is 0.0331 e. The van der Waals surface area contributed by atoms with Crippen LogP contribution in [0.15, 0.2) is 95.5 Å². The second-order valence-corrected chi connectivity index (χ2v) is 6.24. The Morgan fingerprint density at radius 1 is 0.909 bits per heavy atom. The highest BCUT2D eigenvalue weighted by Crippen LogP contribution is 2.32. The van der Waals surface area contributed by atoms with Crippen molar-refractivity contribution in [3.63, 3.8) is 0 Å². The Bertz CT molecular complexity index is 722. The Morgan fingerprint density at radius 2 is 1.59 bits per heavy atom. The van der Waals surface area contributed by atoms with E-state index in [0.29, 0.717) is 0 Å². The van der Waals surface area contributed by atoms with Crippen LogP contribution in [0.5, 0.6) is 0 Å². The van der Waals surface area contributed by atoms with Crippen molar-refractivity contribution in [1.29, 1.82) is 0 Å². The van der Waals surface area contributed by atoms with Crippen molar-refractivity contribution < 1.29 is 0 Å². The van der Waals surface area contributed by atoms with Crippen molar-refractivity contribution in [2.24, 2.45) is 0 Å². The predicted octanol–water partition coefficient (Wildman–Crippen LogP) is 7.01. The zero-order valence-electron chi connectivity index (χ0n) is 12.0. The summed E-state index contributed by atoms with van der Waals surface area (Å²) in [6, 6.07) is 18.4. The van der Waals surface area contributed by atoms with Crippen LogP contribution in [0.1, 0.15) is 11.1 Å². The summed E-state index contributed by atoms with van der Waals surface area (Å²) >= 11 is 7.32. The van der Waals surface area contributed by atoms with Crippen LogP contribution in [0.2, 0.25) is 0 Å². The Kier molecular flexibility index (Phi) is 6.63. The third kappa shape index (κ3) is 4.69. The summed E-state index contributed by atoms with van der Waals surface area (Å²) in [5.41, 5.74) is 3.36. The first-order valence-corrected chi connectivity index (χ1v) is 8.48. The van der Waals surface area contributed by atoms with Gasteiger partial charge < -0.3 is 0 Å². The minimum atomic E-state index is 1.03. The summed E-state index contributed by atoms with van der Waals surface area (Å²) in [5.74, 6) is 0. The lowest BCUT2D eigenvalue weighted by Gasteiger charge is -2.06. The van der Waals surface area contributed by atoms with Crippen LogP contribution in [-0.4, -0.2) is 0 Å². The molecule has 2 aromatic rings. The quantitative estimate of drug-likeness (QED) is 0.460. The second-order valence-electron chi connectivity index (χ2n) is 4.59. The molecule has 0 atom stereocenters. The summed E-state index contributed by atoms with van der Waals surface area (Å²) in [4.78, 5) is 0. The normalized spacial score (nSPS) is 12.6. The number of hydrogen-bond donors (Lipinski definition) is 0. The van der Waals surface area contributed by atoms with Gasteiger partial charge in [-0.1, -0.05) is 101 Å². The van der Waals surface area contributed by atoms with Crippen molar-refractivity contribution in [2.75, 3.05) is 0 Å². The zero-order chi connectivity index (χ0) is 15.8. The van der Waals surface area contributed by atoms with Crippen molar-refractivity contribution in [3.8, 4) is 0 Å². The van der Waals surface area contributed by atoms with Gasteiger partial charge in [-0.05, 0) is 33.1 Å². The highest BCUT2D eigenvalue weighted by Gasteiger charge is 2.05. The number of allylic oxidation sites excluding steroid dienone is 5. The second kappa shape index (κ2) is 8.72. The number of hydrogen-bond acceptors (Lipinski definition) is 0. The SMILES string of the molecule is C=CC=CC(C=Cc1ccccc1)=C(Br)c1ccccc1Br. The molecule has 0 aliphatic rings. The van der Waals surface area contributed by atoms with Crippen LogP contribution in [0.4, 0.5) is 0 Å². The highest BCUT2D eigenvalue weighted by atomic mass is 79.9. The fourth-order valence-corrected chi connectivity index (χ4v) is 3.28. The minimum Gasteiger partial charge on any atom is -0.0991 e. The lowest BCUT2D eigenvalue weighted by molar-refractivity contribution is 1.57. The fourth-order valence-electron chi connectivity index (χ4n) is 1.92. The van der Waals surface area contributed by atoms with Gasteiger partial charge in [-0.3, -0.25) is 0 Å². The summed E-state index contributed by atoms with van der Waals surface area (Å²) in [6.07, 6.45) is 9.94. The van der Waals surface area contributed by atoms with Gasteiger partial charge in [0.15, 0.2) is 0 Å². The molecule has 2 rings (SSSR count). The molecular formula is C20H16Br2. The molecule has 0 radical (unpaired) electrons. The molecule has 110 valence electrons. The van der Waals surface area contributed by atoms with Crippen molar-refractivity contribution >= 4 is 42.4 Å². The third-order valence-electron chi connectivity index (χ3n) is 3.03. The molecule has 0 bridgehead atoms. The molecule has 0 spiro atoms. The van der Waals surface area contributed by atoms with Crippen LogP contribution in [-0.2, 0) is 0 Å². The molecule has 0 aliphatic heterocycles. The van der Waals surface area contributed by atoms with Crippen molar-refractivity contribution in [2.45, 2.75) is 0 Å². The van der Waals surface area contributed by atoms with Gasteiger partial charge in [0.05, 0.1) is 0 Å². The molecule has 0 heterocycles. The molecule has 0 aliphatic carbocycles. The topological polar surface area (TPSA) is 0 Å². The first-order chi connectivity index (χ1) is 10.7. The van der Waals surface area contributed by atoms with Gasteiger partial charge in [-0.2, -0.15) is 0 Å². The van der Waals surface area contributed by atoms with E-state index in [1.165, 1.54) is 5.56 Å². The van der Waals surface area contributed by atoms with E-state index in [9.17, 15) is 0 Å². The van der Waals surface area contributed by atoms with E-state index in [-0.39, 0.29) is 0 Å². The lowest BCUT2D eigenvalue weighted by atomic mass is 10.1. The van der Waals surface area contributed by atoms with Gasteiger partial charge in [0.1, 0.15) is 0 Å². The number of benzene rings is 2. The molecular weight excluding hydrogens is 400 g/mol. The van der Waals surface area contributed by atoms with E-state index in [0.717, 1.165) is 20.1 Å². The first kappa shape index (κ1) is 16.7. The molecule has 0 nitrogen and oxygen atoms in total. The van der Waals surface area contributed by atoms with Crippen LogP contribution < -0.4 is 0 Å². The third-order valence-corrected chi connectivity index (χ3v) is 4.61. The van der Waals surface area contributed by atoms with Gasteiger partial charge >= 0.3 is 0 Å². The lowest BCUT2D eigenvalue weighted by Crippen LogP contribution is -1.83. The van der Waals surface area contributed by atoms with Crippen molar-refractivity contribution in [1.82, 2.24) is 0 Å². The van der Waals surface area contributed by atoms with Gasteiger partial charge in [0, 0.05) is 14.5 Å². The van der Waals surface area contributed by atoms with Gasteiger partial charge in [-0.15, -0.1) is 0 Å². The van der Waals surface area contributed by atoms with E-state index in [1.54, 1.807) is 6.08 Å². The molecule has 22 heavy (non-hydrogen) atoms. The van der Waals surface area contributed by atoms with E-state index < -0.39 is 0 Å². The number of halogens is 2. The predicted molar refractivity (Wildman–Crippen MR) is 105 cm³/mol. The Morgan fingerprint density at radius 3 is 2.27 bits per heavy atom. The molecule has 2 heteroatoms. The summed E-state index contributed by atoms with van der Waals surface area (Å²) < 4.78 is 2.09. The minimum absolute atomic E-state index is 1.03. The fraction of sp³-hybridized carbons (Fsp3) is 0. The molecule has 0 N–H and O–H groups in total. The number of rotatable bonds is 5. The van der Waals surface area contributed by atoms with Crippen LogP contribution in [0.3, 0.4) is 0 Å². The van der Waals surface area contributed by atoms with E-state index in [4.69, 9.17) is 0 Å². The Labute approximate surface area is 148 Å². The van der Waals surface area contributed by atoms with Crippen LogP contribution in [0, 0.1) is 0 Å². The largest absolute Gasteiger partial charge is 0.0991 e. The average Bonchev–Trinajstić information content (AvgIpc) is 2.56. The Hall–Kier alpha value is -1.64. The zero-order valence-corrected chi connectivity index (χ0v) is 15.2. The monoisotopic (exact) mass is 414 g/mol. The Balaban J connectivity index is 2.43. The van der Waals surface area contributed by atoms with E-state index in [1.807, 2.05) is 48.6 Å².